The van der Waals surface area contributed by atoms with Crippen molar-refractivity contribution in [3.63, 3.8) is 0 Å². The second kappa shape index (κ2) is 64.5. The van der Waals surface area contributed by atoms with Crippen LogP contribution in [0.4, 0.5) is 0 Å². The highest BCUT2D eigenvalue weighted by Gasteiger charge is 2.30. The van der Waals surface area contributed by atoms with Crippen LogP contribution in [0.2, 0.25) is 0 Å². The number of hydrogen-bond acceptors (Lipinski definition) is 15. The number of hydrogen-bond donors (Lipinski definition) is 3. The van der Waals surface area contributed by atoms with Crippen LogP contribution in [0.5, 0.6) is 0 Å². The van der Waals surface area contributed by atoms with Crippen LogP contribution >= 0.6 is 15.6 Å². The Morgan fingerprint density at radius 3 is 0.891 bits per heavy atom. The Morgan fingerprint density at radius 1 is 0.337 bits per heavy atom. The predicted molar refractivity (Wildman–Crippen MR) is 372 cm³/mol. The Bertz CT molecular complexity index is 1880. The first-order chi connectivity index (χ1) is 44.4. The van der Waals surface area contributed by atoms with Gasteiger partial charge < -0.3 is 33.8 Å². The number of ether oxygens (including phenoxy) is 4. The summed E-state index contributed by atoms with van der Waals surface area (Å²) in [5.41, 5.74) is 0. The van der Waals surface area contributed by atoms with Gasteiger partial charge in [-0.25, -0.2) is 9.13 Å². The molecule has 0 fully saturated rings. The van der Waals surface area contributed by atoms with E-state index in [0.29, 0.717) is 25.7 Å². The summed E-state index contributed by atoms with van der Waals surface area (Å²) in [4.78, 5) is 72.5. The van der Waals surface area contributed by atoms with E-state index in [1.165, 1.54) is 135 Å². The van der Waals surface area contributed by atoms with Crippen LogP contribution in [0.25, 0.3) is 0 Å². The van der Waals surface area contributed by atoms with Gasteiger partial charge in [-0.15, -0.1) is 0 Å². The molecule has 0 saturated heterocycles. The van der Waals surface area contributed by atoms with Crippen LogP contribution < -0.4 is 0 Å². The smallest absolute Gasteiger partial charge is 0.462 e. The van der Waals surface area contributed by atoms with Gasteiger partial charge in [-0.3, -0.25) is 37.3 Å². The van der Waals surface area contributed by atoms with E-state index in [0.717, 1.165) is 134 Å². The molecular formula is C73H138O17P2. The van der Waals surface area contributed by atoms with Crippen LogP contribution in [0, 0.1) is 11.8 Å². The predicted octanol–water partition coefficient (Wildman–Crippen LogP) is 20.7. The maximum absolute atomic E-state index is 13.0. The second-order valence-electron chi connectivity index (χ2n) is 26.6. The van der Waals surface area contributed by atoms with Crippen molar-refractivity contribution in [2.45, 2.75) is 368 Å². The lowest BCUT2D eigenvalue weighted by atomic mass is 10.0. The first-order valence-electron chi connectivity index (χ1n) is 37.3. The maximum atomic E-state index is 13.0. The van der Waals surface area contributed by atoms with Gasteiger partial charge in [-0.05, 0) is 63.2 Å². The fraction of sp³-hybridized carbons (Fsp3) is 0.890. The molecule has 17 nitrogen and oxygen atoms in total. The second-order valence-corrected chi connectivity index (χ2v) is 29.5. The molecule has 0 rings (SSSR count). The van der Waals surface area contributed by atoms with Crippen molar-refractivity contribution in [3.05, 3.63) is 24.3 Å². The molecule has 5 atom stereocenters. The molecule has 542 valence electrons. The summed E-state index contributed by atoms with van der Waals surface area (Å²) in [6.07, 6.45) is 53.6. The van der Waals surface area contributed by atoms with E-state index in [9.17, 15) is 43.2 Å². The van der Waals surface area contributed by atoms with E-state index in [1.54, 1.807) is 0 Å². The third-order valence-corrected chi connectivity index (χ3v) is 18.2. The third-order valence-electron chi connectivity index (χ3n) is 16.3. The average molecular weight is 1350 g/mol. The van der Waals surface area contributed by atoms with Crippen LogP contribution in [-0.2, 0) is 65.4 Å². The van der Waals surface area contributed by atoms with Crippen molar-refractivity contribution in [1.29, 1.82) is 0 Å². The summed E-state index contributed by atoms with van der Waals surface area (Å²) >= 11 is 0. The highest BCUT2D eigenvalue weighted by atomic mass is 31.2. The summed E-state index contributed by atoms with van der Waals surface area (Å²) in [5.74, 6) is -0.606. The molecule has 92 heavy (non-hydrogen) atoms. The minimum Gasteiger partial charge on any atom is -0.462 e. The van der Waals surface area contributed by atoms with Crippen LogP contribution in [0.3, 0.4) is 0 Å². The number of carbonyl (C=O) groups excluding carboxylic acids is 4. The molecule has 0 bridgehead atoms. The summed E-state index contributed by atoms with van der Waals surface area (Å²) in [6.45, 7) is 9.48. The lowest BCUT2D eigenvalue weighted by molar-refractivity contribution is -0.161. The summed E-state index contributed by atoms with van der Waals surface area (Å²) in [6, 6.07) is 0. The zero-order chi connectivity index (χ0) is 67.9. The van der Waals surface area contributed by atoms with E-state index in [1.807, 2.05) is 0 Å². The van der Waals surface area contributed by atoms with Gasteiger partial charge in [0.25, 0.3) is 0 Å². The zero-order valence-corrected chi connectivity index (χ0v) is 61.1. The standard InChI is InChI=1S/C73H138O17P2/c1-7-9-11-13-15-16-17-18-19-22-27-32-38-44-50-56-71(76)84-62-69(90-72(77)57-51-45-39-33-28-23-20-21-25-30-36-41-47-53-65(3)4)64-88-92(81,82)86-60-67(74)59-85-91(79,80)87-63-68(61-83-70(75)55-49-43-35-14-12-10-8-2)89-73(78)58-52-46-40-34-29-24-26-31-37-42-48-54-66(5)6/h16-19,65-69,74H,7-15,20-64H2,1-6H3,(H,79,80)(H,81,82)/b17-16-,19-18-/t67-,68+,69+/m0/s1. The number of aliphatic hydroxyl groups is 1. The number of rotatable bonds is 70. The Kier molecular flexibility index (Phi) is 62.8. The first-order valence-corrected chi connectivity index (χ1v) is 40.3. The van der Waals surface area contributed by atoms with Crippen molar-refractivity contribution < 1.29 is 80.2 Å². The van der Waals surface area contributed by atoms with Gasteiger partial charge in [0.1, 0.15) is 19.3 Å². The molecule has 0 aliphatic rings. The van der Waals surface area contributed by atoms with Gasteiger partial charge in [0.15, 0.2) is 12.2 Å². The highest BCUT2D eigenvalue weighted by molar-refractivity contribution is 7.47. The van der Waals surface area contributed by atoms with E-state index in [-0.39, 0.29) is 25.7 Å². The minimum atomic E-state index is -4.96. The van der Waals surface area contributed by atoms with Gasteiger partial charge in [0.2, 0.25) is 0 Å². The Labute approximate surface area is 561 Å². The van der Waals surface area contributed by atoms with Crippen molar-refractivity contribution >= 4 is 39.5 Å². The van der Waals surface area contributed by atoms with Gasteiger partial charge in [0, 0.05) is 25.7 Å². The maximum Gasteiger partial charge on any atom is 0.472 e. The monoisotopic (exact) mass is 1350 g/mol. The Morgan fingerprint density at radius 2 is 0.587 bits per heavy atom. The molecule has 0 aromatic heterocycles. The fourth-order valence-corrected chi connectivity index (χ4v) is 12.2. The highest BCUT2D eigenvalue weighted by Crippen LogP contribution is 2.45. The molecule has 2 unspecified atom stereocenters. The number of allylic oxidation sites excluding steroid dienone is 4. The van der Waals surface area contributed by atoms with Crippen molar-refractivity contribution in [1.82, 2.24) is 0 Å². The van der Waals surface area contributed by atoms with Gasteiger partial charge in [-0.1, -0.05) is 297 Å². The van der Waals surface area contributed by atoms with Gasteiger partial charge in [-0.2, -0.15) is 0 Å². The summed E-state index contributed by atoms with van der Waals surface area (Å²) in [7, 11) is -9.91. The zero-order valence-electron chi connectivity index (χ0n) is 59.3. The number of esters is 4. The molecule has 3 N–H and O–H groups in total. The quantitative estimate of drug-likeness (QED) is 0.0169. The minimum absolute atomic E-state index is 0.100. The molecule has 0 aromatic rings. The molecule has 19 heteroatoms. The van der Waals surface area contributed by atoms with E-state index < -0.39 is 97.5 Å². The summed E-state index contributed by atoms with van der Waals surface area (Å²) in [5, 5.41) is 10.6. The SMILES string of the molecule is CCCCCC/C=C\C=C/CCCCCCCC(=O)OC[C@H](COP(=O)(O)OC[C@@H](O)COP(=O)(O)OC[C@@H](COC(=O)CCCCCCCCC)OC(=O)CCCCCCCCCCCCCC(C)C)OC(=O)CCCCCCCCCCCCCCCC(C)C. The number of aliphatic hydroxyl groups excluding tert-OH is 1. The largest absolute Gasteiger partial charge is 0.472 e. The Hall–Kier alpha value is -2.46. The molecule has 0 aliphatic heterocycles. The lowest BCUT2D eigenvalue weighted by Crippen LogP contribution is -2.30. The number of carbonyl (C=O) groups is 4. The third kappa shape index (κ3) is 66.2. The lowest BCUT2D eigenvalue weighted by Gasteiger charge is -2.21. The molecule has 0 radical (unpaired) electrons. The van der Waals surface area contributed by atoms with Gasteiger partial charge >= 0.3 is 39.5 Å². The average Bonchev–Trinajstić information content (AvgIpc) is 3.68. The first kappa shape index (κ1) is 89.5. The molecule has 0 aromatic carbocycles. The normalized spacial score (nSPS) is 14.2. The fourth-order valence-electron chi connectivity index (χ4n) is 10.6. The van der Waals surface area contributed by atoms with Crippen LogP contribution in [-0.4, -0.2) is 96.7 Å². The molecule has 0 aliphatic carbocycles. The van der Waals surface area contributed by atoms with Gasteiger partial charge in [0.05, 0.1) is 26.4 Å². The number of phosphoric acid groups is 2. The Balaban J connectivity index is 5.24. The summed E-state index contributed by atoms with van der Waals surface area (Å²) < 4.78 is 68.3. The topological polar surface area (TPSA) is 237 Å². The van der Waals surface area contributed by atoms with Crippen molar-refractivity contribution in [2.24, 2.45) is 11.8 Å². The van der Waals surface area contributed by atoms with Crippen LogP contribution in [0.1, 0.15) is 350 Å². The molecule has 0 spiro atoms. The molecule has 0 heterocycles. The van der Waals surface area contributed by atoms with Crippen LogP contribution in [0.15, 0.2) is 24.3 Å². The molecular weight excluding hydrogens is 1210 g/mol. The number of unbranched alkanes of at least 4 members (excludes halogenated alkanes) is 37. The van der Waals surface area contributed by atoms with E-state index in [4.69, 9.17) is 37.0 Å². The van der Waals surface area contributed by atoms with Crippen molar-refractivity contribution in [3.8, 4) is 0 Å². The van der Waals surface area contributed by atoms with E-state index >= 15 is 0 Å². The molecule has 0 saturated carbocycles. The molecule has 0 amide bonds. The number of phosphoric ester groups is 2. The van der Waals surface area contributed by atoms with Crippen molar-refractivity contribution in [2.75, 3.05) is 39.6 Å². The van der Waals surface area contributed by atoms with E-state index in [2.05, 4.69) is 65.8 Å².